The van der Waals surface area contributed by atoms with Gasteiger partial charge < -0.3 is 0 Å². The maximum absolute atomic E-state index is 11.3. The van der Waals surface area contributed by atoms with Gasteiger partial charge in [0.2, 0.25) is 0 Å². The second-order valence-corrected chi connectivity index (χ2v) is 3.97. The summed E-state index contributed by atoms with van der Waals surface area (Å²) >= 11 is 0. The van der Waals surface area contributed by atoms with Gasteiger partial charge in [0, 0.05) is 12.1 Å². The second-order valence-electron chi connectivity index (χ2n) is 3.97. The van der Waals surface area contributed by atoms with E-state index in [9.17, 15) is 4.79 Å². The average Bonchev–Trinajstić information content (AvgIpc) is 2.68. The zero-order valence-electron chi connectivity index (χ0n) is 9.42. The van der Waals surface area contributed by atoms with Crippen LogP contribution in [-0.4, -0.2) is 12.5 Å². The van der Waals surface area contributed by atoms with Crippen molar-refractivity contribution < 1.29 is 4.79 Å². The van der Waals surface area contributed by atoms with Crippen LogP contribution in [0.25, 0.3) is 6.08 Å². The van der Waals surface area contributed by atoms with Gasteiger partial charge in [-0.25, -0.2) is 5.43 Å². The number of hydrogen-bond donors (Lipinski definition) is 2. The summed E-state index contributed by atoms with van der Waals surface area (Å²) < 4.78 is 0. The van der Waals surface area contributed by atoms with E-state index in [1.54, 1.807) is 0 Å². The van der Waals surface area contributed by atoms with Crippen LogP contribution in [0.1, 0.15) is 24.5 Å². The second kappa shape index (κ2) is 4.94. The van der Waals surface area contributed by atoms with E-state index >= 15 is 0 Å². The highest BCUT2D eigenvalue weighted by Gasteiger charge is 2.14. The Balaban J connectivity index is 2.13. The molecule has 3 nitrogen and oxygen atoms in total. The van der Waals surface area contributed by atoms with Crippen molar-refractivity contribution >= 4 is 12.0 Å². The number of benzene rings is 1. The van der Waals surface area contributed by atoms with Gasteiger partial charge in [-0.3, -0.25) is 10.2 Å². The molecule has 0 radical (unpaired) electrons. The molecule has 0 aliphatic carbocycles. The lowest BCUT2D eigenvalue weighted by Crippen LogP contribution is -2.25. The van der Waals surface area contributed by atoms with Gasteiger partial charge in [0.1, 0.15) is 0 Å². The van der Waals surface area contributed by atoms with E-state index in [0.717, 1.165) is 24.0 Å². The summed E-state index contributed by atoms with van der Waals surface area (Å²) in [5.74, 6) is -0.0300. The summed E-state index contributed by atoms with van der Waals surface area (Å²) in [5.41, 5.74) is 8.57. The zero-order chi connectivity index (χ0) is 11.4. The van der Waals surface area contributed by atoms with E-state index in [-0.39, 0.29) is 5.91 Å². The molecule has 1 amide bonds. The summed E-state index contributed by atoms with van der Waals surface area (Å²) in [7, 11) is 0. The SMILES string of the molecule is CCCc1ccc(/C=C2\CNNC2=O)cc1. The minimum absolute atomic E-state index is 0.0300. The quantitative estimate of drug-likeness (QED) is 0.754. The minimum Gasteiger partial charge on any atom is -0.287 e. The van der Waals surface area contributed by atoms with Crippen molar-refractivity contribution in [3.05, 3.63) is 41.0 Å². The summed E-state index contributed by atoms with van der Waals surface area (Å²) in [6.45, 7) is 2.76. The molecule has 16 heavy (non-hydrogen) atoms. The van der Waals surface area contributed by atoms with Crippen molar-refractivity contribution in [3.8, 4) is 0 Å². The Bertz CT molecular complexity index is 406. The van der Waals surface area contributed by atoms with Gasteiger partial charge in [0.25, 0.3) is 5.91 Å². The molecule has 1 saturated heterocycles. The molecule has 0 bridgehead atoms. The van der Waals surface area contributed by atoms with E-state index in [4.69, 9.17) is 0 Å². The number of rotatable bonds is 3. The number of hydrogen-bond acceptors (Lipinski definition) is 2. The van der Waals surface area contributed by atoms with Gasteiger partial charge in [-0.2, -0.15) is 0 Å². The first-order valence-corrected chi connectivity index (χ1v) is 5.62. The lowest BCUT2D eigenvalue weighted by Gasteiger charge is -1.99. The third kappa shape index (κ3) is 2.49. The molecule has 2 rings (SSSR count). The van der Waals surface area contributed by atoms with Crippen LogP contribution in [0.4, 0.5) is 0 Å². The fourth-order valence-electron chi connectivity index (χ4n) is 1.77. The van der Waals surface area contributed by atoms with Crippen LogP contribution in [0.5, 0.6) is 0 Å². The Morgan fingerprint density at radius 1 is 1.31 bits per heavy atom. The van der Waals surface area contributed by atoms with Crippen LogP contribution in [0.2, 0.25) is 0 Å². The summed E-state index contributed by atoms with van der Waals surface area (Å²) in [5, 5.41) is 0. The topological polar surface area (TPSA) is 41.1 Å². The van der Waals surface area contributed by atoms with Crippen LogP contribution in [0.15, 0.2) is 29.8 Å². The summed E-state index contributed by atoms with van der Waals surface area (Å²) in [4.78, 5) is 11.3. The minimum atomic E-state index is -0.0300. The number of carbonyl (C=O) groups excluding carboxylic acids is 1. The van der Waals surface area contributed by atoms with Crippen molar-refractivity contribution in [2.24, 2.45) is 0 Å². The van der Waals surface area contributed by atoms with Gasteiger partial charge in [0.15, 0.2) is 0 Å². The largest absolute Gasteiger partial charge is 0.287 e. The Morgan fingerprint density at radius 3 is 2.62 bits per heavy atom. The van der Waals surface area contributed by atoms with Gasteiger partial charge >= 0.3 is 0 Å². The Hall–Kier alpha value is -1.61. The Morgan fingerprint density at radius 2 is 2.06 bits per heavy atom. The fraction of sp³-hybridized carbons (Fsp3) is 0.308. The predicted octanol–water partition coefficient (Wildman–Crippen LogP) is 1.66. The van der Waals surface area contributed by atoms with Gasteiger partial charge in [-0.15, -0.1) is 0 Å². The Kier molecular flexibility index (Phi) is 3.37. The highest BCUT2D eigenvalue weighted by Crippen LogP contribution is 2.11. The first kappa shape index (κ1) is 10.9. The molecule has 1 aromatic carbocycles. The van der Waals surface area contributed by atoms with Gasteiger partial charge in [-0.05, 0) is 23.6 Å². The third-order valence-electron chi connectivity index (χ3n) is 2.63. The first-order valence-electron chi connectivity index (χ1n) is 5.62. The van der Waals surface area contributed by atoms with Crippen molar-refractivity contribution in [1.29, 1.82) is 0 Å². The molecule has 1 aliphatic rings. The van der Waals surface area contributed by atoms with E-state index in [2.05, 4.69) is 42.0 Å². The fourth-order valence-corrected chi connectivity index (χ4v) is 1.77. The highest BCUT2D eigenvalue weighted by molar-refractivity contribution is 5.99. The monoisotopic (exact) mass is 216 g/mol. The van der Waals surface area contributed by atoms with Crippen molar-refractivity contribution in [1.82, 2.24) is 10.9 Å². The molecule has 1 fully saturated rings. The molecule has 1 heterocycles. The molecular formula is C13H16N2O. The van der Waals surface area contributed by atoms with Crippen LogP contribution < -0.4 is 10.9 Å². The van der Waals surface area contributed by atoms with Crippen LogP contribution >= 0.6 is 0 Å². The Labute approximate surface area is 95.5 Å². The lowest BCUT2D eigenvalue weighted by molar-refractivity contribution is -0.116. The molecule has 0 spiro atoms. The molecule has 1 aliphatic heterocycles. The molecule has 0 atom stereocenters. The number of nitrogens with one attached hydrogen (secondary N) is 2. The molecule has 0 aromatic heterocycles. The smallest absolute Gasteiger partial charge is 0.262 e. The number of amides is 1. The average molecular weight is 216 g/mol. The van der Waals surface area contributed by atoms with Crippen molar-refractivity contribution in [2.45, 2.75) is 19.8 Å². The first-order chi connectivity index (χ1) is 7.79. The van der Waals surface area contributed by atoms with Crippen molar-refractivity contribution in [2.75, 3.05) is 6.54 Å². The maximum atomic E-state index is 11.3. The lowest BCUT2D eigenvalue weighted by atomic mass is 10.1. The third-order valence-corrected chi connectivity index (χ3v) is 2.63. The number of hydrazine groups is 1. The van der Waals surface area contributed by atoms with E-state index in [0.29, 0.717) is 6.54 Å². The summed E-state index contributed by atoms with van der Waals surface area (Å²) in [6.07, 6.45) is 4.19. The predicted molar refractivity (Wildman–Crippen MR) is 64.6 cm³/mol. The number of aryl methyl sites for hydroxylation is 1. The summed E-state index contributed by atoms with van der Waals surface area (Å²) in [6, 6.07) is 8.36. The molecule has 0 unspecified atom stereocenters. The van der Waals surface area contributed by atoms with E-state index in [1.165, 1.54) is 5.56 Å². The molecule has 1 aromatic rings. The molecule has 2 N–H and O–H groups in total. The van der Waals surface area contributed by atoms with Gasteiger partial charge in [0.05, 0.1) is 0 Å². The maximum Gasteiger partial charge on any atom is 0.262 e. The molecule has 0 saturated carbocycles. The molecule has 3 heteroatoms. The highest BCUT2D eigenvalue weighted by atomic mass is 16.2. The van der Waals surface area contributed by atoms with Crippen LogP contribution in [0.3, 0.4) is 0 Å². The van der Waals surface area contributed by atoms with E-state index in [1.807, 2.05) is 6.08 Å². The zero-order valence-corrected chi connectivity index (χ0v) is 9.42. The van der Waals surface area contributed by atoms with Crippen LogP contribution in [-0.2, 0) is 11.2 Å². The molecular weight excluding hydrogens is 200 g/mol. The van der Waals surface area contributed by atoms with Crippen LogP contribution in [0, 0.1) is 0 Å². The van der Waals surface area contributed by atoms with Crippen molar-refractivity contribution in [3.63, 3.8) is 0 Å². The standard InChI is InChI=1S/C13H16N2O/c1-2-3-10-4-6-11(7-5-10)8-12-9-14-15-13(12)16/h4-8,14H,2-3,9H2,1H3,(H,15,16)/b12-8+. The number of carbonyl (C=O) groups is 1. The normalized spacial score (nSPS) is 17.8. The molecule has 84 valence electrons. The van der Waals surface area contributed by atoms with Gasteiger partial charge in [-0.1, -0.05) is 37.6 Å². The van der Waals surface area contributed by atoms with E-state index < -0.39 is 0 Å².